The summed E-state index contributed by atoms with van der Waals surface area (Å²) in [6, 6.07) is 4.29. The highest BCUT2D eigenvalue weighted by Gasteiger charge is 2.22. The maximum atomic E-state index is 5.44. The number of aromatic nitrogens is 4. The molecule has 1 aliphatic rings. The Hall–Kier alpha value is -2.11. The van der Waals surface area contributed by atoms with Crippen LogP contribution in [0.15, 0.2) is 30.9 Å². The summed E-state index contributed by atoms with van der Waals surface area (Å²) in [7, 11) is 0. The van der Waals surface area contributed by atoms with E-state index in [1.54, 1.807) is 6.33 Å². The van der Waals surface area contributed by atoms with Gasteiger partial charge in [-0.25, -0.2) is 9.97 Å². The van der Waals surface area contributed by atoms with Crippen molar-refractivity contribution in [3.8, 4) is 5.88 Å². The Balaban J connectivity index is 1.74. The summed E-state index contributed by atoms with van der Waals surface area (Å²) in [5.41, 5.74) is 0. The van der Waals surface area contributed by atoms with E-state index < -0.39 is 0 Å². The summed E-state index contributed by atoms with van der Waals surface area (Å²) in [6.45, 7) is 4.51. The fourth-order valence-electron chi connectivity index (χ4n) is 2.61. The summed E-state index contributed by atoms with van der Waals surface area (Å²) in [5, 5.41) is 4.35. The fraction of sp³-hybridized carbons (Fsp3) is 0.500. The standard InChI is InChI=1S/C14H19N5O/c1-2-20-14-9-13(15-11-16-14)18-7-3-5-12(10-18)19-8-4-6-17-19/h4,6,8-9,11-12H,2-3,5,7,10H2,1H3. The van der Waals surface area contributed by atoms with Crippen LogP contribution in [0, 0.1) is 0 Å². The number of anilines is 1. The molecule has 0 N–H and O–H groups in total. The topological polar surface area (TPSA) is 56.1 Å². The minimum absolute atomic E-state index is 0.407. The molecule has 2 aromatic rings. The molecule has 0 aromatic carbocycles. The van der Waals surface area contributed by atoms with Crippen molar-refractivity contribution in [3.63, 3.8) is 0 Å². The first-order chi connectivity index (χ1) is 9.86. The minimum Gasteiger partial charge on any atom is -0.478 e. The molecule has 2 aromatic heterocycles. The molecule has 1 saturated heterocycles. The molecule has 3 rings (SSSR count). The van der Waals surface area contributed by atoms with Gasteiger partial charge in [0.25, 0.3) is 0 Å². The first-order valence-electron chi connectivity index (χ1n) is 7.05. The molecule has 0 aliphatic carbocycles. The van der Waals surface area contributed by atoms with Gasteiger partial charge < -0.3 is 9.64 Å². The third-order valence-corrected chi connectivity index (χ3v) is 3.54. The maximum absolute atomic E-state index is 5.44. The van der Waals surface area contributed by atoms with Crippen LogP contribution in [0.25, 0.3) is 0 Å². The molecule has 6 nitrogen and oxygen atoms in total. The highest BCUT2D eigenvalue weighted by Crippen LogP contribution is 2.25. The quantitative estimate of drug-likeness (QED) is 0.851. The first-order valence-corrected chi connectivity index (χ1v) is 7.05. The van der Waals surface area contributed by atoms with E-state index in [0.717, 1.165) is 31.7 Å². The zero-order valence-electron chi connectivity index (χ0n) is 11.6. The third-order valence-electron chi connectivity index (χ3n) is 3.54. The Labute approximate surface area is 118 Å². The lowest BCUT2D eigenvalue weighted by atomic mass is 10.1. The molecule has 20 heavy (non-hydrogen) atoms. The van der Waals surface area contributed by atoms with E-state index in [9.17, 15) is 0 Å². The van der Waals surface area contributed by atoms with Crippen LogP contribution in [0.5, 0.6) is 5.88 Å². The van der Waals surface area contributed by atoms with Crippen molar-refractivity contribution in [2.24, 2.45) is 0 Å². The predicted molar refractivity (Wildman–Crippen MR) is 75.9 cm³/mol. The third kappa shape index (κ3) is 2.74. The van der Waals surface area contributed by atoms with Gasteiger partial charge in [0.1, 0.15) is 12.1 Å². The number of rotatable bonds is 4. The molecule has 1 atom stereocenters. The van der Waals surface area contributed by atoms with Gasteiger partial charge in [0.05, 0.1) is 12.6 Å². The molecule has 6 heteroatoms. The van der Waals surface area contributed by atoms with E-state index in [2.05, 4.69) is 20.0 Å². The SMILES string of the molecule is CCOc1cc(N2CCCC(n3cccn3)C2)ncn1. The molecule has 0 bridgehead atoms. The molecule has 106 valence electrons. The van der Waals surface area contributed by atoms with Crippen LogP contribution in [0.3, 0.4) is 0 Å². The molecule has 1 fully saturated rings. The Morgan fingerprint density at radius 2 is 2.35 bits per heavy atom. The number of piperidine rings is 1. The van der Waals surface area contributed by atoms with Crippen LogP contribution in [-0.2, 0) is 0 Å². The second kappa shape index (κ2) is 5.90. The van der Waals surface area contributed by atoms with Gasteiger partial charge in [-0.2, -0.15) is 5.10 Å². The van der Waals surface area contributed by atoms with Crippen LogP contribution in [0.4, 0.5) is 5.82 Å². The average molecular weight is 273 g/mol. The van der Waals surface area contributed by atoms with Gasteiger partial charge in [0, 0.05) is 31.5 Å². The summed E-state index contributed by atoms with van der Waals surface area (Å²) in [4.78, 5) is 10.8. The zero-order chi connectivity index (χ0) is 13.8. The molecule has 0 amide bonds. The van der Waals surface area contributed by atoms with Crippen LogP contribution < -0.4 is 9.64 Å². The van der Waals surface area contributed by atoms with E-state index >= 15 is 0 Å². The second-order valence-corrected chi connectivity index (χ2v) is 4.88. The van der Waals surface area contributed by atoms with Gasteiger partial charge in [-0.15, -0.1) is 0 Å². The Kier molecular flexibility index (Phi) is 3.80. The Bertz CT molecular complexity index is 542. The van der Waals surface area contributed by atoms with E-state index in [-0.39, 0.29) is 0 Å². The molecule has 1 aliphatic heterocycles. The normalized spacial score (nSPS) is 19.1. The number of ether oxygens (including phenoxy) is 1. The molecule has 3 heterocycles. The number of hydrogen-bond donors (Lipinski definition) is 0. The van der Waals surface area contributed by atoms with Gasteiger partial charge in [0.15, 0.2) is 0 Å². The lowest BCUT2D eigenvalue weighted by Gasteiger charge is -2.33. The van der Waals surface area contributed by atoms with Crippen LogP contribution in [-0.4, -0.2) is 39.4 Å². The lowest BCUT2D eigenvalue weighted by Crippen LogP contribution is -2.37. The number of nitrogens with zero attached hydrogens (tertiary/aromatic N) is 5. The molecule has 0 radical (unpaired) electrons. The minimum atomic E-state index is 0.407. The van der Waals surface area contributed by atoms with Crippen molar-refractivity contribution in [2.75, 3.05) is 24.6 Å². The lowest BCUT2D eigenvalue weighted by molar-refractivity contribution is 0.325. The van der Waals surface area contributed by atoms with E-state index in [4.69, 9.17) is 4.74 Å². The van der Waals surface area contributed by atoms with Crippen molar-refractivity contribution in [3.05, 3.63) is 30.9 Å². The van der Waals surface area contributed by atoms with Crippen molar-refractivity contribution >= 4 is 5.82 Å². The van der Waals surface area contributed by atoms with Crippen molar-refractivity contribution in [2.45, 2.75) is 25.8 Å². The molecular formula is C14H19N5O. The van der Waals surface area contributed by atoms with Gasteiger partial charge in [-0.05, 0) is 25.8 Å². The zero-order valence-corrected chi connectivity index (χ0v) is 11.6. The van der Waals surface area contributed by atoms with Gasteiger partial charge in [-0.3, -0.25) is 4.68 Å². The average Bonchev–Trinajstić information content (AvgIpc) is 3.02. The Morgan fingerprint density at radius 1 is 1.40 bits per heavy atom. The van der Waals surface area contributed by atoms with Crippen LogP contribution in [0.1, 0.15) is 25.8 Å². The highest BCUT2D eigenvalue weighted by atomic mass is 16.5. The van der Waals surface area contributed by atoms with Crippen molar-refractivity contribution in [1.29, 1.82) is 0 Å². The Morgan fingerprint density at radius 3 is 3.15 bits per heavy atom. The van der Waals surface area contributed by atoms with Crippen LogP contribution in [0.2, 0.25) is 0 Å². The summed E-state index contributed by atoms with van der Waals surface area (Å²) in [5.74, 6) is 1.57. The largest absolute Gasteiger partial charge is 0.478 e. The van der Waals surface area contributed by atoms with Crippen LogP contribution >= 0.6 is 0 Å². The van der Waals surface area contributed by atoms with Gasteiger partial charge in [0.2, 0.25) is 5.88 Å². The van der Waals surface area contributed by atoms with Gasteiger partial charge >= 0.3 is 0 Å². The van der Waals surface area contributed by atoms with E-state index in [0.29, 0.717) is 18.5 Å². The summed E-state index contributed by atoms with van der Waals surface area (Å²) >= 11 is 0. The number of hydrogen-bond acceptors (Lipinski definition) is 5. The van der Waals surface area contributed by atoms with Crippen molar-refractivity contribution in [1.82, 2.24) is 19.7 Å². The first kappa shape index (κ1) is 12.9. The molecule has 1 unspecified atom stereocenters. The summed E-state index contributed by atoms with van der Waals surface area (Å²) < 4.78 is 7.48. The summed E-state index contributed by atoms with van der Waals surface area (Å²) in [6.07, 6.45) is 7.72. The second-order valence-electron chi connectivity index (χ2n) is 4.88. The molecular weight excluding hydrogens is 254 g/mol. The van der Waals surface area contributed by atoms with E-state index in [1.807, 2.05) is 36.1 Å². The fourth-order valence-corrected chi connectivity index (χ4v) is 2.61. The predicted octanol–water partition coefficient (Wildman–Crippen LogP) is 1.91. The maximum Gasteiger partial charge on any atom is 0.218 e. The monoisotopic (exact) mass is 273 g/mol. The van der Waals surface area contributed by atoms with Crippen molar-refractivity contribution < 1.29 is 4.74 Å². The van der Waals surface area contributed by atoms with Gasteiger partial charge in [-0.1, -0.05) is 0 Å². The van der Waals surface area contributed by atoms with E-state index in [1.165, 1.54) is 0 Å². The molecule has 0 saturated carbocycles. The smallest absolute Gasteiger partial charge is 0.218 e. The highest BCUT2D eigenvalue weighted by molar-refractivity contribution is 5.41. The molecule has 0 spiro atoms.